The van der Waals surface area contributed by atoms with E-state index in [1.165, 1.54) is 4.68 Å². The highest BCUT2D eigenvalue weighted by atomic mass is 35.5. The molecule has 1 fully saturated rings. The molecule has 1 heterocycles. The van der Waals surface area contributed by atoms with Gasteiger partial charge in [0.1, 0.15) is 12.2 Å². The summed E-state index contributed by atoms with van der Waals surface area (Å²) in [6, 6.07) is 0. The van der Waals surface area contributed by atoms with Gasteiger partial charge in [0.15, 0.2) is 0 Å². The van der Waals surface area contributed by atoms with Crippen LogP contribution in [0.15, 0.2) is 0 Å². The average Bonchev–Trinajstić information content (AvgIpc) is 3.23. The Morgan fingerprint density at radius 3 is 2.86 bits per heavy atom. The number of nitrogens with zero attached hydrogens (tertiary/aromatic N) is 2. The van der Waals surface area contributed by atoms with Gasteiger partial charge in [0.25, 0.3) is 6.43 Å². The lowest BCUT2D eigenvalue weighted by atomic mass is 10.2. The molecule has 0 bridgehead atoms. The molecule has 1 aliphatic carbocycles. The maximum Gasteiger partial charge on any atom is 0.283 e. The smallest absolute Gasteiger partial charge is 0.283 e. The van der Waals surface area contributed by atoms with Crippen LogP contribution in [-0.4, -0.2) is 35.4 Å². The Bertz CT molecular complexity index is 518. The summed E-state index contributed by atoms with van der Waals surface area (Å²) < 4.78 is 32.3. The van der Waals surface area contributed by atoms with Gasteiger partial charge in [0.2, 0.25) is 5.91 Å². The number of hydrogen-bond donors (Lipinski definition) is 1. The Kier molecular flexibility index (Phi) is 6.14. The van der Waals surface area contributed by atoms with E-state index in [4.69, 9.17) is 16.3 Å². The SMILES string of the molecule is CCOCCCNC(=O)Cn1nc(C(F)F)c(Cl)c1C1CC1. The first-order valence-corrected chi connectivity index (χ1v) is 7.81. The van der Waals surface area contributed by atoms with Crippen LogP contribution in [0.25, 0.3) is 0 Å². The van der Waals surface area contributed by atoms with Crippen molar-refractivity contribution >= 4 is 17.5 Å². The van der Waals surface area contributed by atoms with Gasteiger partial charge >= 0.3 is 0 Å². The number of nitrogens with one attached hydrogen (secondary N) is 1. The summed E-state index contributed by atoms with van der Waals surface area (Å²) in [6.45, 7) is 3.51. The van der Waals surface area contributed by atoms with Crippen molar-refractivity contribution in [1.29, 1.82) is 0 Å². The van der Waals surface area contributed by atoms with Crippen LogP contribution in [0, 0.1) is 0 Å². The molecule has 5 nitrogen and oxygen atoms in total. The van der Waals surface area contributed by atoms with Gasteiger partial charge in [-0.2, -0.15) is 5.10 Å². The van der Waals surface area contributed by atoms with Crippen LogP contribution in [0.2, 0.25) is 5.02 Å². The molecule has 1 aliphatic rings. The molecule has 8 heteroatoms. The molecule has 0 aliphatic heterocycles. The maximum atomic E-state index is 12.9. The minimum Gasteiger partial charge on any atom is -0.382 e. The van der Waals surface area contributed by atoms with Crippen molar-refractivity contribution in [3.05, 3.63) is 16.4 Å². The molecule has 1 aromatic heterocycles. The van der Waals surface area contributed by atoms with E-state index in [-0.39, 0.29) is 23.4 Å². The first-order valence-electron chi connectivity index (χ1n) is 7.43. The fraction of sp³-hybridized carbons (Fsp3) is 0.714. The monoisotopic (exact) mass is 335 g/mol. The van der Waals surface area contributed by atoms with E-state index in [1.807, 2.05) is 6.92 Å². The zero-order valence-electron chi connectivity index (χ0n) is 12.4. The van der Waals surface area contributed by atoms with E-state index >= 15 is 0 Å². The number of rotatable bonds is 9. The van der Waals surface area contributed by atoms with E-state index in [0.29, 0.717) is 31.9 Å². The van der Waals surface area contributed by atoms with Crippen LogP contribution in [0.1, 0.15) is 49.9 Å². The number of carbonyl (C=O) groups is 1. The highest BCUT2D eigenvalue weighted by molar-refractivity contribution is 6.32. The molecule has 1 saturated carbocycles. The Morgan fingerprint density at radius 2 is 2.27 bits per heavy atom. The molecular weight excluding hydrogens is 316 g/mol. The van der Waals surface area contributed by atoms with Gasteiger partial charge in [-0.3, -0.25) is 9.48 Å². The van der Waals surface area contributed by atoms with Crippen LogP contribution in [-0.2, 0) is 16.1 Å². The van der Waals surface area contributed by atoms with Gasteiger partial charge in [-0.15, -0.1) is 0 Å². The normalized spacial score (nSPS) is 14.6. The van der Waals surface area contributed by atoms with Crippen molar-refractivity contribution in [2.24, 2.45) is 0 Å². The topological polar surface area (TPSA) is 56.1 Å². The number of alkyl halides is 2. The Morgan fingerprint density at radius 1 is 1.55 bits per heavy atom. The first kappa shape index (κ1) is 17.1. The van der Waals surface area contributed by atoms with Crippen LogP contribution in [0.5, 0.6) is 0 Å². The molecule has 0 radical (unpaired) electrons. The molecule has 124 valence electrons. The van der Waals surface area contributed by atoms with Gasteiger partial charge in [-0.1, -0.05) is 11.6 Å². The van der Waals surface area contributed by atoms with Crippen LogP contribution < -0.4 is 5.32 Å². The summed E-state index contributed by atoms with van der Waals surface area (Å²) in [5.41, 5.74) is 0.120. The molecule has 0 saturated heterocycles. The maximum absolute atomic E-state index is 12.9. The number of ether oxygens (including phenoxy) is 1. The number of aromatic nitrogens is 2. The Hall–Kier alpha value is -1.21. The molecule has 1 N–H and O–H groups in total. The largest absolute Gasteiger partial charge is 0.382 e. The van der Waals surface area contributed by atoms with Crippen molar-refractivity contribution < 1.29 is 18.3 Å². The van der Waals surface area contributed by atoms with Crippen LogP contribution in [0.4, 0.5) is 8.78 Å². The van der Waals surface area contributed by atoms with Crippen LogP contribution in [0.3, 0.4) is 0 Å². The third-order valence-corrected chi connectivity index (χ3v) is 3.80. The molecule has 1 amide bonds. The molecule has 0 spiro atoms. The number of halogens is 3. The molecular formula is C14H20ClF2N3O2. The summed E-state index contributed by atoms with van der Waals surface area (Å²) in [4.78, 5) is 11.9. The summed E-state index contributed by atoms with van der Waals surface area (Å²) in [5.74, 6) is -0.128. The van der Waals surface area contributed by atoms with Crippen molar-refractivity contribution in [1.82, 2.24) is 15.1 Å². The number of carbonyl (C=O) groups excluding carboxylic acids is 1. The predicted molar refractivity (Wildman–Crippen MR) is 78.3 cm³/mol. The van der Waals surface area contributed by atoms with Crippen molar-refractivity contribution in [2.45, 2.75) is 45.1 Å². The number of hydrogen-bond acceptors (Lipinski definition) is 3. The highest BCUT2D eigenvalue weighted by Gasteiger charge is 2.34. The third kappa shape index (κ3) is 4.39. The van der Waals surface area contributed by atoms with Gasteiger partial charge in [0, 0.05) is 25.7 Å². The molecule has 0 aromatic carbocycles. The minimum absolute atomic E-state index is 0.00152. The lowest BCUT2D eigenvalue weighted by Gasteiger charge is -2.08. The van der Waals surface area contributed by atoms with E-state index in [0.717, 1.165) is 12.8 Å². The van der Waals surface area contributed by atoms with Gasteiger partial charge in [-0.25, -0.2) is 8.78 Å². The van der Waals surface area contributed by atoms with E-state index in [1.54, 1.807) is 0 Å². The molecule has 1 aromatic rings. The van der Waals surface area contributed by atoms with E-state index < -0.39 is 12.1 Å². The van der Waals surface area contributed by atoms with Crippen molar-refractivity contribution in [2.75, 3.05) is 19.8 Å². The molecule has 22 heavy (non-hydrogen) atoms. The second-order valence-electron chi connectivity index (χ2n) is 5.22. The van der Waals surface area contributed by atoms with Gasteiger partial charge in [-0.05, 0) is 26.2 Å². The van der Waals surface area contributed by atoms with Crippen molar-refractivity contribution in [3.63, 3.8) is 0 Å². The second kappa shape index (κ2) is 7.87. The predicted octanol–water partition coefficient (Wildman–Crippen LogP) is 2.89. The second-order valence-corrected chi connectivity index (χ2v) is 5.60. The lowest BCUT2D eigenvalue weighted by Crippen LogP contribution is -2.30. The first-order chi connectivity index (χ1) is 10.5. The lowest BCUT2D eigenvalue weighted by molar-refractivity contribution is -0.121. The average molecular weight is 336 g/mol. The molecule has 2 rings (SSSR count). The Labute approximate surface area is 133 Å². The van der Waals surface area contributed by atoms with E-state index in [9.17, 15) is 13.6 Å². The van der Waals surface area contributed by atoms with Crippen molar-refractivity contribution in [3.8, 4) is 0 Å². The zero-order chi connectivity index (χ0) is 16.1. The fourth-order valence-corrected chi connectivity index (χ4v) is 2.59. The van der Waals surface area contributed by atoms with Crippen LogP contribution >= 0.6 is 11.6 Å². The molecule has 0 atom stereocenters. The molecule has 0 unspecified atom stereocenters. The fourth-order valence-electron chi connectivity index (χ4n) is 2.22. The zero-order valence-corrected chi connectivity index (χ0v) is 13.2. The minimum atomic E-state index is -2.74. The van der Waals surface area contributed by atoms with Gasteiger partial charge < -0.3 is 10.1 Å². The summed E-state index contributed by atoms with van der Waals surface area (Å²) >= 11 is 5.99. The third-order valence-electron chi connectivity index (χ3n) is 3.41. The van der Waals surface area contributed by atoms with E-state index in [2.05, 4.69) is 10.4 Å². The summed E-state index contributed by atoms with van der Waals surface area (Å²) in [7, 11) is 0. The Balaban J connectivity index is 1.94. The van der Waals surface area contributed by atoms with Gasteiger partial charge in [0.05, 0.1) is 10.7 Å². The standard InChI is InChI=1S/C14H20ClF2N3O2/c1-2-22-7-3-6-18-10(21)8-20-13(9-4-5-9)11(15)12(19-20)14(16)17/h9,14H,2-8H2,1H3,(H,18,21). The summed E-state index contributed by atoms with van der Waals surface area (Å²) in [6.07, 6.45) is -0.244. The summed E-state index contributed by atoms with van der Waals surface area (Å²) in [5, 5.41) is 6.54. The quantitative estimate of drug-likeness (QED) is 0.706. The number of amides is 1. The highest BCUT2D eigenvalue weighted by Crippen LogP contribution is 2.45.